The maximum absolute atomic E-state index is 15.0. The summed E-state index contributed by atoms with van der Waals surface area (Å²) in [6.07, 6.45) is 6.15. The first kappa shape index (κ1) is 32.9. The molecule has 250 valence electrons. The van der Waals surface area contributed by atoms with Crippen molar-refractivity contribution < 1.29 is 14.0 Å². The first-order valence-corrected chi connectivity index (χ1v) is 18.2. The van der Waals surface area contributed by atoms with Crippen LogP contribution in [-0.4, -0.2) is 73.4 Å². The lowest BCUT2D eigenvalue weighted by molar-refractivity contribution is -0.146. The molecule has 5 atom stereocenters. The Labute approximate surface area is 290 Å². The Morgan fingerprint density at radius 2 is 1.94 bits per heavy atom. The fraction of sp³-hybridized carbons (Fsp3) is 0.543. The molecule has 8 nitrogen and oxygen atoms in total. The van der Waals surface area contributed by atoms with Crippen molar-refractivity contribution in [3.05, 3.63) is 74.3 Å². The number of amides is 2. The predicted octanol–water partition coefficient (Wildman–Crippen LogP) is 6.89. The van der Waals surface area contributed by atoms with E-state index in [1.165, 1.54) is 17.8 Å². The number of pyridine rings is 1. The highest BCUT2D eigenvalue weighted by Gasteiger charge is 2.55. The molecule has 1 aromatic heterocycles. The Balaban J connectivity index is 1.27. The van der Waals surface area contributed by atoms with E-state index < -0.39 is 23.4 Å². The lowest BCUT2D eigenvalue weighted by Gasteiger charge is -2.43. The highest BCUT2D eigenvalue weighted by molar-refractivity contribution is 8.18. The second kappa shape index (κ2) is 12.0. The van der Waals surface area contributed by atoms with Crippen LogP contribution in [0.3, 0.4) is 0 Å². The summed E-state index contributed by atoms with van der Waals surface area (Å²) in [5.74, 6) is -0.670. The number of piperazine rings is 1. The van der Waals surface area contributed by atoms with E-state index in [1.54, 1.807) is 18.3 Å². The van der Waals surface area contributed by atoms with E-state index in [2.05, 4.69) is 40.9 Å². The van der Waals surface area contributed by atoms with Crippen molar-refractivity contribution in [2.75, 3.05) is 13.1 Å². The highest BCUT2D eigenvalue weighted by atomic mass is 35.5. The van der Waals surface area contributed by atoms with Crippen molar-refractivity contribution in [1.29, 1.82) is 0 Å². The number of aromatic nitrogens is 1. The topological polar surface area (TPSA) is 81.1 Å². The van der Waals surface area contributed by atoms with E-state index in [9.17, 15) is 9.59 Å². The van der Waals surface area contributed by atoms with Crippen LogP contribution in [0.1, 0.15) is 83.9 Å². The number of thioether (sulfide) groups is 1. The van der Waals surface area contributed by atoms with Gasteiger partial charge in [-0.3, -0.25) is 9.59 Å². The van der Waals surface area contributed by atoms with Crippen molar-refractivity contribution in [3.63, 3.8) is 0 Å². The van der Waals surface area contributed by atoms with E-state index in [-0.39, 0.29) is 40.4 Å². The molecule has 1 aliphatic carbocycles. The third kappa shape index (κ3) is 5.47. The molecular formula is C35H41Cl2FN6O2S. The number of aliphatic imine (C=N–C) groups is 1. The lowest BCUT2D eigenvalue weighted by atomic mass is 9.81. The Morgan fingerprint density at radius 3 is 2.57 bits per heavy atom. The van der Waals surface area contributed by atoms with Crippen LogP contribution in [0, 0.1) is 11.7 Å². The Morgan fingerprint density at radius 1 is 1.17 bits per heavy atom. The number of nitrogens with zero attached hydrogens (tertiary/aromatic N) is 5. The summed E-state index contributed by atoms with van der Waals surface area (Å²) in [7, 11) is 0. The quantitative estimate of drug-likeness (QED) is 0.331. The van der Waals surface area contributed by atoms with Gasteiger partial charge in [0, 0.05) is 48.2 Å². The van der Waals surface area contributed by atoms with Gasteiger partial charge in [-0.15, -0.1) is 0 Å². The van der Waals surface area contributed by atoms with Crippen LogP contribution in [-0.2, 0) is 15.1 Å². The number of nitrogens with one attached hydrogen (secondary N) is 1. The zero-order valence-corrected chi connectivity index (χ0v) is 29.7. The number of fused-ring (bicyclic) bond motifs is 1. The molecule has 5 heterocycles. The summed E-state index contributed by atoms with van der Waals surface area (Å²) in [6, 6.07) is 7.49. The highest BCUT2D eigenvalue weighted by Crippen LogP contribution is 2.56. The van der Waals surface area contributed by atoms with Gasteiger partial charge in [0.1, 0.15) is 27.5 Å². The SMILES string of the molecule is CC[C@H]1CNC2(CC2)CN1C(=O)[C@H]1CC[C@@H](C)N1C(=O)C1=C(C(C)C)N2C(=N[C@@](C)(c3ccc(Cl)nc3)[C@H]2c2ccc(Cl)c(F)c2)S1. The standard InChI is InChI=1S/C35H41Cl2FN6O2S/c1-6-23-17-40-35(13-14-35)18-42(23)31(45)26-11-7-20(4)43(26)32(46)29-28(19(2)3)44-30(21-8-10-24(36)25(38)15-21)34(5,41-33(44)47-29)22-9-12-27(37)39-16-22/h8-10,12,15-16,19-20,23,26,30,40H,6-7,11,13-14,17-18H2,1-5H3/t20-,23+,26-,30-,34+/m1/s1. The minimum atomic E-state index is -0.870. The maximum Gasteiger partial charge on any atom is 0.263 e. The molecule has 3 fully saturated rings. The summed E-state index contributed by atoms with van der Waals surface area (Å²) >= 11 is 13.6. The minimum absolute atomic E-state index is 0.0372. The van der Waals surface area contributed by atoms with Crippen LogP contribution < -0.4 is 5.32 Å². The molecule has 0 unspecified atom stereocenters. The number of halogens is 3. The molecule has 5 aliphatic rings. The number of carbonyl (C=O) groups is 2. The molecule has 4 aliphatic heterocycles. The first-order chi connectivity index (χ1) is 22.4. The molecule has 1 saturated carbocycles. The monoisotopic (exact) mass is 698 g/mol. The molecule has 1 N–H and O–H groups in total. The third-order valence-corrected chi connectivity index (χ3v) is 12.3. The summed E-state index contributed by atoms with van der Waals surface area (Å²) < 4.78 is 15.0. The van der Waals surface area contributed by atoms with Crippen LogP contribution >= 0.6 is 35.0 Å². The predicted molar refractivity (Wildman–Crippen MR) is 185 cm³/mol. The van der Waals surface area contributed by atoms with Crippen LogP contribution in [0.15, 0.2) is 52.1 Å². The maximum atomic E-state index is 15.0. The third-order valence-electron chi connectivity index (χ3n) is 10.7. The number of likely N-dealkylation sites (tertiary alicyclic amines) is 1. The van der Waals surface area contributed by atoms with E-state index in [1.807, 2.05) is 30.9 Å². The number of allylic oxidation sites excluding steroid dienone is 1. The van der Waals surface area contributed by atoms with Crippen LogP contribution in [0.2, 0.25) is 10.2 Å². The summed E-state index contributed by atoms with van der Waals surface area (Å²) in [6.45, 7) is 11.8. The number of hydrogen-bond donors (Lipinski definition) is 1. The summed E-state index contributed by atoms with van der Waals surface area (Å²) in [4.78, 5) is 45.2. The average molecular weight is 700 g/mol. The van der Waals surface area contributed by atoms with Gasteiger partial charge in [0.05, 0.1) is 11.1 Å². The van der Waals surface area contributed by atoms with Gasteiger partial charge < -0.3 is 20.0 Å². The van der Waals surface area contributed by atoms with Gasteiger partial charge in [0.15, 0.2) is 5.17 Å². The average Bonchev–Trinajstić information content (AvgIpc) is 3.37. The largest absolute Gasteiger partial charge is 0.335 e. The fourth-order valence-electron chi connectivity index (χ4n) is 7.93. The molecule has 12 heteroatoms. The first-order valence-electron chi connectivity index (χ1n) is 16.6. The second-order valence-electron chi connectivity index (χ2n) is 14.2. The van der Waals surface area contributed by atoms with Crippen LogP contribution in [0.4, 0.5) is 4.39 Å². The number of amidine groups is 1. The van der Waals surface area contributed by atoms with Crippen molar-refractivity contribution in [1.82, 2.24) is 25.0 Å². The van der Waals surface area contributed by atoms with Gasteiger partial charge in [-0.1, -0.05) is 56.1 Å². The van der Waals surface area contributed by atoms with Gasteiger partial charge in [-0.25, -0.2) is 14.4 Å². The molecule has 0 radical (unpaired) electrons. The number of benzene rings is 1. The van der Waals surface area contributed by atoms with Gasteiger partial charge in [-0.2, -0.15) is 0 Å². The minimum Gasteiger partial charge on any atom is -0.335 e. The number of carbonyl (C=O) groups excluding carboxylic acids is 2. The van der Waals surface area contributed by atoms with Crippen molar-refractivity contribution >= 4 is 51.9 Å². The lowest BCUT2D eigenvalue weighted by Crippen LogP contribution is -2.62. The molecule has 0 bridgehead atoms. The van der Waals surface area contributed by atoms with E-state index >= 15 is 4.39 Å². The summed E-state index contributed by atoms with van der Waals surface area (Å²) in [5, 5.41) is 4.74. The van der Waals surface area contributed by atoms with E-state index in [0.717, 1.165) is 43.5 Å². The van der Waals surface area contributed by atoms with Crippen molar-refractivity contribution in [3.8, 4) is 0 Å². The van der Waals surface area contributed by atoms with E-state index in [4.69, 9.17) is 28.2 Å². The van der Waals surface area contributed by atoms with Gasteiger partial charge in [0.25, 0.3) is 5.91 Å². The Hall–Kier alpha value is -2.66. The van der Waals surface area contributed by atoms with E-state index in [0.29, 0.717) is 33.8 Å². The molecule has 2 aromatic rings. The van der Waals surface area contributed by atoms with Crippen molar-refractivity contribution in [2.24, 2.45) is 10.9 Å². The Kier molecular flexibility index (Phi) is 8.42. The molecule has 2 amide bonds. The Bertz CT molecular complexity index is 1680. The molecule has 7 rings (SSSR count). The van der Waals surface area contributed by atoms with Crippen LogP contribution in [0.5, 0.6) is 0 Å². The van der Waals surface area contributed by atoms with Gasteiger partial charge in [0.2, 0.25) is 5.91 Å². The number of rotatable bonds is 6. The smallest absolute Gasteiger partial charge is 0.263 e. The second-order valence-corrected chi connectivity index (χ2v) is 15.9. The number of hydrogen-bond acceptors (Lipinski definition) is 7. The van der Waals surface area contributed by atoms with Crippen LogP contribution in [0.25, 0.3) is 0 Å². The molecule has 1 aromatic carbocycles. The van der Waals surface area contributed by atoms with Gasteiger partial charge in [-0.05, 0) is 87.4 Å². The summed E-state index contributed by atoms with van der Waals surface area (Å²) in [5.41, 5.74) is 1.48. The normalized spacial score (nSPS) is 29.6. The molecular weight excluding hydrogens is 658 g/mol. The zero-order valence-electron chi connectivity index (χ0n) is 27.4. The molecule has 1 spiro atoms. The molecule has 47 heavy (non-hydrogen) atoms. The fourth-order valence-corrected chi connectivity index (χ4v) is 9.51. The molecule has 2 saturated heterocycles. The zero-order chi connectivity index (χ0) is 33.4. The van der Waals surface area contributed by atoms with Crippen molar-refractivity contribution in [2.45, 2.75) is 102 Å². The van der Waals surface area contributed by atoms with Gasteiger partial charge >= 0.3 is 0 Å².